The molecule has 0 bridgehead atoms. The Bertz CT molecular complexity index is 274. The first-order valence-electron chi connectivity index (χ1n) is 5.90. The van der Waals surface area contributed by atoms with Crippen molar-refractivity contribution >= 4 is 11.9 Å². The summed E-state index contributed by atoms with van der Waals surface area (Å²) in [6.45, 7) is 6.82. The van der Waals surface area contributed by atoms with Gasteiger partial charge in [-0.1, -0.05) is 6.92 Å². The molecule has 0 radical (unpaired) electrons. The second kappa shape index (κ2) is 9.69. The average molecular weight is 243 g/mol. The van der Waals surface area contributed by atoms with Crippen LogP contribution in [0.5, 0.6) is 0 Å². The number of carbonyl (C=O) groups excluding carboxylic acids is 2. The number of carbonyl (C=O) groups is 2. The first kappa shape index (κ1) is 15.5. The Morgan fingerprint density at radius 3 is 2.29 bits per heavy atom. The summed E-state index contributed by atoms with van der Waals surface area (Å²) in [5.74, 6) is -0.804. The van der Waals surface area contributed by atoms with E-state index < -0.39 is 5.97 Å². The van der Waals surface area contributed by atoms with E-state index in [1.165, 1.54) is 6.08 Å². The first-order chi connectivity index (χ1) is 8.13. The minimum Gasteiger partial charge on any atom is -0.466 e. The molecule has 17 heavy (non-hydrogen) atoms. The van der Waals surface area contributed by atoms with Gasteiger partial charge < -0.3 is 14.8 Å². The topological polar surface area (TPSA) is 64.6 Å². The zero-order valence-corrected chi connectivity index (χ0v) is 10.7. The molecule has 0 aliphatic carbocycles. The monoisotopic (exact) mass is 243 g/mol. The van der Waals surface area contributed by atoms with Crippen LogP contribution in [0, 0.1) is 0 Å². The van der Waals surface area contributed by atoms with E-state index in [0.29, 0.717) is 25.5 Å². The number of hydrogen-bond acceptors (Lipinski definition) is 5. The van der Waals surface area contributed by atoms with E-state index in [1.807, 2.05) is 6.92 Å². The lowest BCUT2D eigenvalue weighted by Gasteiger charge is -2.09. The second-order valence-electron chi connectivity index (χ2n) is 3.33. The van der Waals surface area contributed by atoms with Crippen molar-refractivity contribution in [2.75, 3.05) is 19.8 Å². The molecule has 0 fully saturated rings. The molecule has 0 rings (SSSR count). The molecular formula is C12H21NO4. The zero-order chi connectivity index (χ0) is 13.1. The molecule has 0 aromatic carbocycles. The molecule has 0 aromatic rings. The smallest absolute Gasteiger partial charge is 0.332 e. The molecular weight excluding hydrogens is 222 g/mol. The molecule has 0 aliphatic heterocycles. The molecule has 0 amide bonds. The molecule has 5 heteroatoms. The van der Waals surface area contributed by atoms with E-state index in [9.17, 15) is 9.59 Å². The number of esters is 2. The molecule has 5 nitrogen and oxygen atoms in total. The first-order valence-corrected chi connectivity index (χ1v) is 5.90. The van der Waals surface area contributed by atoms with Gasteiger partial charge in [-0.15, -0.1) is 0 Å². The minimum absolute atomic E-state index is 0.0622. The Balaban J connectivity index is 4.40. The summed E-state index contributed by atoms with van der Waals surface area (Å²) in [6, 6.07) is 0. The van der Waals surface area contributed by atoms with Crippen LogP contribution >= 0.6 is 0 Å². The standard InChI is InChI=1S/C12H21NO4/c1-4-7-13-10(8-11(14)16-5-2)9-12(15)17-6-3/h8,13H,4-7,9H2,1-3H3/b10-8-. The largest absolute Gasteiger partial charge is 0.466 e. The maximum absolute atomic E-state index is 11.3. The highest BCUT2D eigenvalue weighted by Gasteiger charge is 2.08. The van der Waals surface area contributed by atoms with Crippen LogP contribution in [-0.2, 0) is 19.1 Å². The van der Waals surface area contributed by atoms with Crippen LogP contribution in [0.1, 0.15) is 33.6 Å². The SMILES string of the molecule is CCCN/C(=C\C(=O)OCC)CC(=O)OCC. The lowest BCUT2D eigenvalue weighted by molar-refractivity contribution is -0.142. The third kappa shape index (κ3) is 8.30. The molecule has 98 valence electrons. The van der Waals surface area contributed by atoms with E-state index in [1.54, 1.807) is 13.8 Å². The quantitative estimate of drug-likeness (QED) is 0.515. The van der Waals surface area contributed by atoms with Gasteiger partial charge in [-0.05, 0) is 20.3 Å². The fourth-order valence-electron chi connectivity index (χ4n) is 1.14. The molecule has 0 unspecified atom stereocenters. The Hall–Kier alpha value is -1.52. The summed E-state index contributed by atoms with van der Waals surface area (Å²) in [4.78, 5) is 22.6. The fourth-order valence-corrected chi connectivity index (χ4v) is 1.14. The van der Waals surface area contributed by atoms with E-state index in [0.717, 1.165) is 6.42 Å². The van der Waals surface area contributed by atoms with E-state index in [-0.39, 0.29) is 12.4 Å². The predicted molar refractivity (Wildman–Crippen MR) is 64.3 cm³/mol. The lowest BCUT2D eigenvalue weighted by Crippen LogP contribution is -2.20. The highest BCUT2D eigenvalue weighted by Crippen LogP contribution is 2.01. The molecule has 0 heterocycles. The Labute approximate surface area is 102 Å². The summed E-state index contributed by atoms with van der Waals surface area (Å²) >= 11 is 0. The van der Waals surface area contributed by atoms with Crippen molar-refractivity contribution in [1.82, 2.24) is 5.32 Å². The zero-order valence-electron chi connectivity index (χ0n) is 10.7. The summed E-state index contributed by atoms with van der Waals surface area (Å²) in [6.07, 6.45) is 2.27. The van der Waals surface area contributed by atoms with Crippen LogP contribution in [0.2, 0.25) is 0 Å². The minimum atomic E-state index is -0.449. The van der Waals surface area contributed by atoms with Crippen molar-refractivity contribution < 1.29 is 19.1 Å². The van der Waals surface area contributed by atoms with Crippen LogP contribution in [0.3, 0.4) is 0 Å². The van der Waals surface area contributed by atoms with Crippen molar-refractivity contribution in [1.29, 1.82) is 0 Å². The van der Waals surface area contributed by atoms with E-state index in [2.05, 4.69) is 5.32 Å². The van der Waals surface area contributed by atoms with Crippen LogP contribution in [0.4, 0.5) is 0 Å². The third-order valence-corrected chi connectivity index (χ3v) is 1.82. The Morgan fingerprint density at radius 2 is 1.76 bits per heavy atom. The number of ether oxygens (including phenoxy) is 2. The van der Waals surface area contributed by atoms with Gasteiger partial charge in [-0.25, -0.2) is 4.79 Å². The normalized spacial score (nSPS) is 10.9. The van der Waals surface area contributed by atoms with Crippen LogP contribution in [0.25, 0.3) is 0 Å². The van der Waals surface area contributed by atoms with Crippen molar-refractivity contribution in [2.24, 2.45) is 0 Å². The van der Waals surface area contributed by atoms with E-state index >= 15 is 0 Å². The summed E-state index contributed by atoms with van der Waals surface area (Å²) in [5.41, 5.74) is 0.531. The number of rotatable bonds is 8. The fraction of sp³-hybridized carbons (Fsp3) is 0.667. The van der Waals surface area contributed by atoms with Gasteiger partial charge in [0.1, 0.15) is 0 Å². The van der Waals surface area contributed by atoms with Gasteiger partial charge in [-0.2, -0.15) is 0 Å². The lowest BCUT2D eigenvalue weighted by atomic mass is 10.3. The van der Waals surface area contributed by atoms with Crippen molar-refractivity contribution in [3.63, 3.8) is 0 Å². The van der Waals surface area contributed by atoms with Crippen molar-refractivity contribution in [2.45, 2.75) is 33.6 Å². The number of hydrogen-bond donors (Lipinski definition) is 1. The molecule has 1 N–H and O–H groups in total. The van der Waals surface area contributed by atoms with Gasteiger partial charge in [0.25, 0.3) is 0 Å². The van der Waals surface area contributed by atoms with Crippen LogP contribution in [-0.4, -0.2) is 31.7 Å². The van der Waals surface area contributed by atoms with E-state index in [4.69, 9.17) is 9.47 Å². The van der Waals surface area contributed by atoms with Crippen LogP contribution < -0.4 is 5.32 Å². The van der Waals surface area contributed by atoms with Gasteiger partial charge in [0.05, 0.1) is 19.6 Å². The summed E-state index contributed by atoms with van der Waals surface area (Å²) in [5, 5.41) is 3.01. The van der Waals surface area contributed by atoms with Gasteiger partial charge in [0, 0.05) is 18.3 Å². The average Bonchev–Trinajstić information content (AvgIpc) is 2.26. The van der Waals surface area contributed by atoms with Crippen LogP contribution in [0.15, 0.2) is 11.8 Å². The molecule has 0 atom stereocenters. The third-order valence-electron chi connectivity index (χ3n) is 1.82. The van der Waals surface area contributed by atoms with Gasteiger partial charge in [-0.3, -0.25) is 4.79 Å². The predicted octanol–water partition coefficient (Wildman–Crippen LogP) is 1.39. The number of nitrogens with one attached hydrogen (secondary N) is 1. The van der Waals surface area contributed by atoms with Gasteiger partial charge >= 0.3 is 11.9 Å². The highest BCUT2D eigenvalue weighted by atomic mass is 16.5. The molecule has 0 aromatic heterocycles. The maximum Gasteiger partial charge on any atom is 0.332 e. The maximum atomic E-state index is 11.3. The molecule has 0 saturated carbocycles. The summed E-state index contributed by atoms with van der Waals surface area (Å²) < 4.78 is 9.61. The van der Waals surface area contributed by atoms with Gasteiger partial charge in [0.15, 0.2) is 0 Å². The Kier molecular flexibility index (Phi) is 8.82. The summed E-state index contributed by atoms with van der Waals surface area (Å²) in [7, 11) is 0. The second-order valence-corrected chi connectivity index (χ2v) is 3.33. The molecule has 0 saturated heterocycles. The highest BCUT2D eigenvalue weighted by molar-refractivity contribution is 5.84. The van der Waals surface area contributed by atoms with Crippen molar-refractivity contribution in [3.8, 4) is 0 Å². The van der Waals surface area contributed by atoms with Crippen molar-refractivity contribution in [3.05, 3.63) is 11.8 Å². The van der Waals surface area contributed by atoms with Gasteiger partial charge in [0.2, 0.25) is 0 Å². The molecule has 0 spiro atoms. The molecule has 0 aliphatic rings. The Morgan fingerprint density at radius 1 is 1.12 bits per heavy atom.